The van der Waals surface area contributed by atoms with E-state index in [1.165, 1.54) is 19.1 Å². The van der Waals surface area contributed by atoms with Crippen LogP contribution in [0.2, 0.25) is 0 Å². The summed E-state index contributed by atoms with van der Waals surface area (Å²) in [6, 6.07) is 13.1. The van der Waals surface area contributed by atoms with E-state index in [9.17, 15) is 29.4 Å². The van der Waals surface area contributed by atoms with E-state index in [4.69, 9.17) is 4.74 Å². The van der Waals surface area contributed by atoms with E-state index < -0.39 is 53.9 Å². The fraction of sp³-hybridized carbons (Fsp3) is 0.448. The lowest BCUT2D eigenvalue weighted by Gasteiger charge is -2.33. The SMILES string of the molecule is C[C@H]1CC(=O)C(C2CC2)OC(=O)[C@H](C)[C@H](O)[C@H](Cc2ccccc2)NC(=O)[C@H]1NC(=O)c1ccccc1O. The number of carbonyl (C=O) groups excluding carboxylic acids is 4. The third-order valence-electron chi connectivity index (χ3n) is 7.34. The number of cyclic esters (lactones) is 1. The number of para-hydroxylation sites is 1. The molecule has 1 unspecified atom stereocenters. The van der Waals surface area contributed by atoms with Crippen molar-refractivity contribution in [1.29, 1.82) is 0 Å². The molecule has 2 aromatic rings. The first-order valence-corrected chi connectivity index (χ1v) is 13.0. The number of phenolic OH excluding ortho intramolecular Hbond substituents is 1. The van der Waals surface area contributed by atoms with Crippen molar-refractivity contribution in [2.75, 3.05) is 0 Å². The van der Waals surface area contributed by atoms with Crippen LogP contribution in [0, 0.1) is 17.8 Å². The summed E-state index contributed by atoms with van der Waals surface area (Å²) in [5.74, 6) is -4.29. The van der Waals surface area contributed by atoms with Crippen LogP contribution in [0.15, 0.2) is 54.6 Å². The second kappa shape index (κ2) is 11.8. The second-order valence-corrected chi connectivity index (χ2v) is 10.4. The maximum absolute atomic E-state index is 13.6. The first-order chi connectivity index (χ1) is 18.2. The Morgan fingerprint density at radius 2 is 1.68 bits per heavy atom. The van der Waals surface area contributed by atoms with Gasteiger partial charge in [0.25, 0.3) is 5.91 Å². The van der Waals surface area contributed by atoms with Crippen molar-refractivity contribution in [2.45, 2.75) is 63.8 Å². The third-order valence-corrected chi connectivity index (χ3v) is 7.34. The van der Waals surface area contributed by atoms with Crippen molar-refractivity contribution in [2.24, 2.45) is 17.8 Å². The molecule has 4 rings (SSSR count). The van der Waals surface area contributed by atoms with Crippen LogP contribution in [0.25, 0.3) is 0 Å². The molecule has 38 heavy (non-hydrogen) atoms. The number of carbonyl (C=O) groups is 4. The van der Waals surface area contributed by atoms with E-state index in [-0.39, 0.29) is 35.9 Å². The minimum Gasteiger partial charge on any atom is -0.507 e. The Kier molecular flexibility index (Phi) is 8.46. The van der Waals surface area contributed by atoms with Crippen LogP contribution in [-0.2, 0) is 25.5 Å². The lowest BCUT2D eigenvalue weighted by atomic mass is 9.89. The van der Waals surface area contributed by atoms with E-state index >= 15 is 0 Å². The average Bonchev–Trinajstić information content (AvgIpc) is 3.74. The number of aliphatic hydroxyl groups is 1. The summed E-state index contributed by atoms with van der Waals surface area (Å²) in [6.07, 6.45) is -0.646. The van der Waals surface area contributed by atoms with Gasteiger partial charge in [0.1, 0.15) is 11.8 Å². The number of ether oxygens (including phenoxy) is 1. The van der Waals surface area contributed by atoms with Crippen LogP contribution < -0.4 is 10.6 Å². The molecule has 2 fully saturated rings. The van der Waals surface area contributed by atoms with Gasteiger partial charge in [-0.1, -0.05) is 49.4 Å². The predicted octanol–water partition coefficient (Wildman–Crippen LogP) is 2.15. The van der Waals surface area contributed by atoms with Gasteiger partial charge in [0.2, 0.25) is 5.91 Å². The molecule has 0 aromatic heterocycles. The first kappa shape index (κ1) is 27.3. The minimum atomic E-state index is -1.31. The average molecular weight is 523 g/mol. The molecule has 0 radical (unpaired) electrons. The molecule has 2 aromatic carbocycles. The molecule has 9 heteroatoms. The van der Waals surface area contributed by atoms with E-state index in [2.05, 4.69) is 10.6 Å². The van der Waals surface area contributed by atoms with Gasteiger partial charge in [-0.15, -0.1) is 0 Å². The molecule has 2 aliphatic rings. The molecule has 0 spiro atoms. The number of aliphatic hydroxyl groups excluding tert-OH is 1. The number of aromatic hydroxyl groups is 1. The number of Topliss-reactive ketones (excluding diaryl/α,β-unsaturated/α-hetero) is 1. The van der Waals surface area contributed by atoms with E-state index in [0.717, 1.165) is 18.4 Å². The molecule has 1 saturated carbocycles. The molecular formula is C29H34N2O7. The molecule has 9 nitrogen and oxygen atoms in total. The monoisotopic (exact) mass is 522 g/mol. The van der Waals surface area contributed by atoms with E-state index in [1.807, 2.05) is 30.3 Å². The van der Waals surface area contributed by atoms with Crippen LogP contribution in [-0.4, -0.2) is 58.1 Å². The highest BCUT2D eigenvalue weighted by Gasteiger charge is 2.43. The Balaban J connectivity index is 1.66. The van der Waals surface area contributed by atoms with Crippen molar-refractivity contribution in [3.05, 3.63) is 65.7 Å². The summed E-state index contributed by atoms with van der Waals surface area (Å²) >= 11 is 0. The normalized spacial score (nSPS) is 28.9. The van der Waals surface area contributed by atoms with Crippen LogP contribution in [0.3, 0.4) is 0 Å². The Bertz CT molecular complexity index is 1180. The zero-order valence-electron chi connectivity index (χ0n) is 21.5. The zero-order chi connectivity index (χ0) is 27.4. The van der Waals surface area contributed by atoms with Crippen molar-refractivity contribution in [1.82, 2.24) is 10.6 Å². The molecule has 202 valence electrons. The fourth-order valence-electron chi connectivity index (χ4n) is 4.84. The topological polar surface area (TPSA) is 142 Å². The number of amides is 2. The van der Waals surface area contributed by atoms with Crippen LogP contribution >= 0.6 is 0 Å². The van der Waals surface area contributed by atoms with Crippen LogP contribution in [0.1, 0.15) is 49.0 Å². The lowest BCUT2D eigenvalue weighted by Crippen LogP contribution is -2.57. The van der Waals surface area contributed by atoms with Gasteiger partial charge in [-0.05, 0) is 49.8 Å². The number of esters is 1. The van der Waals surface area contributed by atoms with Gasteiger partial charge in [-0.3, -0.25) is 19.2 Å². The molecule has 2 amide bonds. The second-order valence-electron chi connectivity index (χ2n) is 10.4. The van der Waals surface area contributed by atoms with Crippen LogP contribution in [0.5, 0.6) is 5.75 Å². The molecule has 1 saturated heterocycles. The maximum atomic E-state index is 13.6. The van der Waals surface area contributed by atoms with Gasteiger partial charge in [0, 0.05) is 12.3 Å². The summed E-state index contributed by atoms with van der Waals surface area (Å²) in [6.45, 7) is 3.17. The third kappa shape index (κ3) is 6.39. The van der Waals surface area contributed by atoms with Gasteiger partial charge < -0.3 is 25.6 Å². The largest absolute Gasteiger partial charge is 0.507 e. The quantitative estimate of drug-likeness (QED) is 0.441. The Morgan fingerprint density at radius 1 is 1.03 bits per heavy atom. The highest BCUT2D eigenvalue weighted by atomic mass is 16.5. The predicted molar refractivity (Wildman–Crippen MR) is 138 cm³/mol. The summed E-state index contributed by atoms with van der Waals surface area (Å²) in [7, 11) is 0. The number of nitrogens with one attached hydrogen (secondary N) is 2. The number of ketones is 1. The van der Waals surface area contributed by atoms with Gasteiger partial charge in [-0.2, -0.15) is 0 Å². The van der Waals surface area contributed by atoms with Gasteiger partial charge >= 0.3 is 5.97 Å². The Labute approximate surface area is 221 Å². The van der Waals surface area contributed by atoms with Crippen molar-refractivity contribution < 1.29 is 34.1 Å². The summed E-state index contributed by atoms with van der Waals surface area (Å²) in [5, 5.41) is 26.8. The Morgan fingerprint density at radius 3 is 2.34 bits per heavy atom. The smallest absolute Gasteiger partial charge is 0.312 e. The molecule has 6 atom stereocenters. The number of hydrogen-bond donors (Lipinski definition) is 4. The molecule has 1 heterocycles. The Hall–Kier alpha value is -3.72. The molecule has 4 N–H and O–H groups in total. The summed E-state index contributed by atoms with van der Waals surface area (Å²) in [5.41, 5.74) is 0.822. The zero-order valence-corrected chi connectivity index (χ0v) is 21.5. The highest BCUT2D eigenvalue weighted by Crippen LogP contribution is 2.36. The first-order valence-electron chi connectivity index (χ1n) is 13.0. The molecule has 0 bridgehead atoms. The highest BCUT2D eigenvalue weighted by molar-refractivity contribution is 6.00. The number of rotatable bonds is 5. The number of phenols is 1. The number of hydrogen-bond acceptors (Lipinski definition) is 7. The number of benzene rings is 2. The molecular weight excluding hydrogens is 488 g/mol. The fourth-order valence-corrected chi connectivity index (χ4v) is 4.84. The lowest BCUT2D eigenvalue weighted by molar-refractivity contribution is -0.164. The minimum absolute atomic E-state index is 0.00998. The van der Waals surface area contributed by atoms with Crippen molar-refractivity contribution in [3.8, 4) is 5.75 Å². The van der Waals surface area contributed by atoms with Gasteiger partial charge in [0.15, 0.2) is 11.9 Å². The molecule has 1 aliphatic carbocycles. The van der Waals surface area contributed by atoms with Gasteiger partial charge in [0.05, 0.1) is 23.6 Å². The molecule has 1 aliphatic heterocycles. The van der Waals surface area contributed by atoms with E-state index in [0.29, 0.717) is 0 Å². The van der Waals surface area contributed by atoms with Gasteiger partial charge in [-0.25, -0.2) is 0 Å². The van der Waals surface area contributed by atoms with Crippen molar-refractivity contribution >= 4 is 23.6 Å². The van der Waals surface area contributed by atoms with Crippen LogP contribution in [0.4, 0.5) is 0 Å². The summed E-state index contributed by atoms with van der Waals surface area (Å²) in [4.78, 5) is 52.8. The van der Waals surface area contributed by atoms with Crippen molar-refractivity contribution in [3.63, 3.8) is 0 Å². The summed E-state index contributed by atoms with van der Waals surface area (Å²) < 4.78 is 5.64. The standard InChI is InChI=1S/C29H34N2O7/c1-16-14-23(33)26(19-12-13-19)38-29(37)17(2)25(34)21(15-18-8-4-3-5-9-18)30-28(36)24(16)31-27(35)20-10-6-7-11-22(20)32/h3-11,16-17,19,21,24-26,32,34H,12-15H2,1-2H3,(H,30,36)(H,31,35)/t16-,17+,21-,24-,25-,26?/m0/s1. The maximum Gasteiger partial charge on any atom is 0.312 e. The van der Waals surface area contributed by atoms with E-state index in [1.54, 1.807) is 19.1 Å².